The Morgan fingerprint density at radius 3 is 2.55 bits per heavy atom. The summed E-state index contributed by atoms with van der Waals surface area (Å²) in [4.78, 5) is 0. The van der Waals surface area contributed by atoms with Crippen LogP contribution >= 0.6 is 23.8 Å². The van der Waals surface area contributed by atoms with Crippen molar-refractivity contribution in [3.63, 3.8) is 0 Å². The average molecular weight is 186 g/mol. The van der Waals surface area contributed by atoms with Gasteiger partial charge in [-0.1, -0.05) is 41.9 Å². The van der Waals surface area contributed by atoms with E-state index in [1.807, 2.05) is 30.3 Å². The summed E-state index contributed by atoms with van der Waals surface area (Å²) in [5, 5.41) is 2.86. The maximum Gasteiger partial charge on any atom is 0.167 e. The van der Waals surface area contributed by atoms with Crippen LogP contribution in [0.4, 0.5) is 0 Å². The van der Waals surface area contributed by atoms with Crippen molar-refractivity contribution < 1.29 is 0 Å². The summed E-state index contributed by atoms with van der Waals surface area (Å²) in [6.45, 7) is 0.698. The number of hydrogen-bond acceptors (Lipinski definition) is 1. The smallest absolute Gasteiger partial charge is 0.167 e. The topological polar surface area (TPSA) is 12.0 Å². The number of thiocarbonyl (C=S) groups is 1. The second kappa shape index (κ2) is 4.31. The van der Waals surface area contributed by atoms with Crippen molar-refractivity contribution in [2.75, 3.05) is 0 Å². The van der Waals surface area contributed by atoms with E-state index in [0.29, 0.717) is 11.0 Å². The molecule has 0 saturated carbocycles. The molecule has 0 radical (unpaired) electrons. The monoisotopic (exact) mass is 185 g/mol. The van der Waals surface area contributed by atoms with Crippen molar-refractivity contribution >= 4 is 28.3 Å². The van der Waals surface area contributed by atoms with Gasteiger partial charge in [0.2, 0.25) is 0 Å². The zero-order valence-electron chi connectivity index (χ0n) is 5.88. The molecule has 1 nitrogen and oxygen atoms in total. The molecule has 1 aromatic carbocycles. The van der Waals surface area contributed by atoms with Crippen LogP contribution in [0.5, 0.6) is 0 Å². The SMILES string of the molecule is S=C(Cl)NCc1ccccc1. The maximum absolute atomic E-state index is 5.45. The van der Waals surface area contributed by atoms with E-state index in [4.69, 9.17) is 11.6 Å². The third-order valence-corrected chi connectivity index (χ3v) is 1.55. The van der Waals surface area contributed by atoms with Crippen molar-refractivity contribution in [1.82, 2.24) is 5.32 Å². The number of halogens is 1. The van der Waals surface area contributed by atoms with E-state index in [1.165, 1.54) is 5.56 Å². The van der Waals surface area contributed by atoms with Gasteiger partial charge >= 0.3 is 0 Å². The van der Waals surface area contributed by atoms with Crippen molar-refractivity contribution in [3.05, 3.63) is 35.9 Å². The van der Waals surface area contributed by atoms with Crippen LogP contribution in [0.15, 0.2) is 30.3 Å². The molecule has 0 bridgehead atoms. The van der Waals surface area contributed by atoms with Crippen LogP contribution in [0.2, 0.25) is 0 Å². The lowest BCUT2D eigenvalue weighted by atomic mass is 10.2. The molecule has 0 spiro atoms. The third kappa shape index (κ3) is 3.35. The number of nitrogens with one attached hydrogen (secondary N) is 1. The molecule has 11 heavy (non-hydrogen) atoms. The molecule has 0 unspecified atom stereocenters. The van der Waals surface area contributed by atoms with E-state index < -0.39 is 0 Å². The first-order valence-corrected chi connectivity index (χ1v) is 4.05. The lowest BCUT2D eigenvalue weighted by molar-refractivity contribution is 0.939. The summed E-state index contributed by atoms with van der Waals surface area (Å²) in [5.74, 6) is 0. The maximum atomic E-state index is 5.45. The van der Waals surface area contributed by atoms with Crippen LogP contribution < -0.4 is 5.32 Å². The minimum atomic E-state index is 0.314. The summed E-state index contributed by atoms with van der Waals surface area (Å²) in [6.07, 6.45) is 0. The molecule has 0 fully saturated rings. The van der Waals surface area contributed by atoms with Gasteiger partial charge in [-0.05, 0) is 17.8 Å². The summed E-state index contributed by atoms with van der Waals surface area (Å²) in [5.41, 5.74) is 1.18. The molecule has 58 valence electrons. The molecule has 3 heteroatoms. The van der Waals surface area contributed by atoms with Gasteiger partial charge in [0.1, 0.15) is 0 Å². The first-order chi connectivity index (χ1) is 5.29. The Kier molecular flexibility index (Phi) is 3.33. The van der Waals surface area contributed by atoms with Crippen LogP contribution in [-0.2, 0) is 6.54 Å². The van der Waals surface area contributed by atoms with E-state index in [9.17, 15) is 0 Å². The highest BCUT2D eigenvalue weighted by Gasteiger charge is 1.90. The first-order valence-electron chi connectivity index (χ1n) is 3.26. The van der Waals surface area contributed by atoms with E-state index in [0.717, 1.165) is 0 Å². The quantitative estimate of drug-likeness (QED) is 0.431. The van der Waals surface area contributed by atoms with Crippen molar-refractivity contribution in [2.24, 2.45) is 0 Å². The highest BCUT2D eigenvalue weighted by molar-refractivity contribution is 7.83. The van der Waals surface area contributed by atoms with E-state index in [-0.39, 0.29) is 0 Å². The van der Waals surface area contributed by atoms with Crippen molar-refractivity contribution in [2.45, 2.75) is 6.54 Å². The molecule has 1 rings (SSSR count). The molecular formula is C8H8ClNS. The molecule has 0 aliphatic rings. The lowest BCUT2D eigenvalue weighted by Crippen LogP contribution is -2.14. The molecule has 0 aliphatic carbocycles. The second-order valence-corrected chi connectivity index (χ2v) is 3.12. The molecular weight excluding hydrogens is 178 g/mol. The van der Waals surface area contributed by atoms with Gasteiger partial charge in [0.25, 0.3) is 0 Å². The fraction of sp³-hybridized carbons (Fsp3) is 0.125. The van der Waals surface area contributed by atoms with Gasteiger partial charge < -0.3 is 5.32 Å². The zero-order valence-corrected chi connectivity index (χ0v) is 7.45. The molecule has 0 heterocycles. The fourth-order valence-corrected chi connectivity index (χ4v) is 0.906. The minimum absolute atomic E-state index is 0.314. The zero-order chi connectivity index (χ0) is 8.10. The Labute approximate surface area is 76.4 Å². The van der Waals surface area contributed by atoms with Gasteiger partial charge in [-0.2, -0.15) is 0 Å². The summed E-state index contributed by atoms with van der Waals surface area (Å²) in [7, 11) is 0. The number of benzene rings is 1. The minimum Gasteiger partial charge on any atom is -0.363 e. The Hall–Kier alpha value is -0.600. The first kappa shape index (κ1) is 8.50. The van der Waals surface area contributed by atoms with Crippen LogP contribution in [0.25, 0.3) is 0 Å². The van der Waals surface area contributed by atoms with Gasteiger partial charge in [-0.15, -0.1) is 0 Å². The fourth-order valence-electron chi connectivity index (χ4n) is 0.767. The summed E-state index contributed by atoms with van der Waals surface area (Å²) >= 11 is 10.1. The largest absolute Gasteiger partial charge is 0.363 e. The lowest BCUT2D eigenvalue weighted by Gasteiger charge is -2.00. The molecule has 1 aromatic rings. The summed E-state index contributed by atoms with van der Waals surface area (Å²) in [6, 6.07) is 9.97. The van der Waals surface area contributed by atoms with Gasteiger partial charge in [0.05, 0.1) is 0 Å². The second-order valence-electron chi connectivity index (χ2n) is 2.11. The highest BCUT2D eigenvalue weighted by Crippen LogP contribution is 1.97. The van der Waals surface area contributed by atoms with Gasteiger partial charge in [0.15, 0.2) is 4.45 Å². The van der Waals surface area contributed by atoms with Gasteiger partial charge in [0, 0.05) is 6.54 Å². The molecule has 1 N–H and O–H groups in total. The Morgan fingerprint density at radius 1 is 1.36 bits per heavy atom. The Morgan fingerprint density at radius 2 is 2.00 bits per heavy atom. The van der Waals surface area contributed by atoms with Crippen molar-refractivity contribution in [3.8, 4) is 0 Å². The predicted octanol–water partition coefficient (Wildman–Crippen LogP) is 2.30. The highest BCUT2D eigenvalue weighted by atomic mass is 35.5. The molecule has 0 aromatic heterocycles. The molecule has 0 saturated heterocycles. The van der Waals surface area contributed by atoms with E-state index >= 15 is 0 Å². The van der Waals surface area contributed by atoms with Gasteiger partial charge in [-0.25, -0.2) is 0 Å². The average Bonchev–Trinajstić information content (AvgIpc) is 2.03. The van der Waals surface area contributed by atoms with Crippen LogP contribution in [0.1, 0.15) is 5.56 Å². The van der Waals surface area contributed by atoms with Crippen LogP contribution in [0, 0.1) is 0 Å². The Bertz CT molecular complexity index is 235. The molecule has 0 amide bonds. The molecule has 0 atom stereocenters. The standard InChI is InChI=1S/C8H8ClNS/c9-8(11)10-6-7-4-2-1-3-5-7/h1-5H,6H2,(H,10,11). The number of rotatable bonds is 2. The normalized spacial score (nSPS) is 9.18. The summed E-state index contributed by atoms with van der Waals surface area (Å²) < 4.78 is 0.314. The molecule has 0 aliphatic heterocycles. The van der Waals surface area contributed by atoms with Gasteiger partial charge in [-0.3, -0.25) is 0 Å². The van der Waals surface area contributed by atoms with Crippen molar-refractivity contribution in [1.29, 1.82) is 0 Å². The van der Waals surface area contributed by atoms with E-state index in [2.05, 4.69) is 17.5 Å². The predicted molar refractivity (Wildman–Crippen MR) is 51.7 cm³/mol. The van der Waals surface area contributed by atoms with E-state index in [1.54, 1.807) is 0 Å². The third-order valence-electron chi connectivity index (χ3n) is 1.27. The number of hydrogen-bond donors (Lipinski definition) is 1. The Balaban J connectivity index is 2.45. The van der Waals surface area contributed by atoms with Crippen LogP contribution in [0.3, 0.4) is 0 Å². The van der Waals surface area contributed by atoms with Crippen LogP contribution in [-0.4, -0.2) is 4.45 Å².